The molecule has 0 radical (unpaired) electrons. The maximum absolute atomic E-state index is 12.4. The van der Waals surface area contributed by atoms with Crippen LogP contribution < -0.4 is 21.8 Å². The number of carbonyl (C=O) groups excluding carboxylic acids is 2. The van der Waals surface area contributed by atoms with E-state index in [1.54, 1.807) is 24.3 Å². The number of pyridine rings is 1. The zero-order valence-electron chi connectivity index (χ0n) is 15.4. The number of para-hydroxylation sites is 1. The van der Waals surface area contributed by atoms with Gasteiger partial charge in [0, 0.05) is 29.2 Å². The van der Waals surface area contributed by atoms with Crippen LogP contribution >= 0.6 is 0 Å². The van der Waals surface area contributed by atoms with E-state index in [1.165, 1.54) is 6.20 Å². The Labute approximate surface area is 152 Å². The Morgan fingerprint density at radius 3 is 2.62 bits per heavy atom. The molecule has 26 heavy (non-hydrogen) atoms. The third kappa shape index (κ3) is 4.70. The highest BCUT2D eigenvalue weighted by molar-refractivity contribution is 5.98. The van der Waals surface area contributed by atoms with E-state index >= 15 is 0 Å². The second-order valence-electron chi connectivity index (χ2n) is 7.17. The van der Waals surface area contributed by atoms with Crippen molar-refractivity contribution in [1.29, 1.82) is 0 Å². The first-order valence-corrected chi connectivity index (χ1v) is 8.65. The summed E-state index contributed by atoms with van der Waals surface area (Å²) in [5.41, 5.74) is 5.50. The highest BCUT2D eigenvalue weighted by atomic mass is 16.2. The maximum Gasteiger partial charge on any atom is 0.257 e. The van der Waals surface area contributed by atoms with Gasteiger partial charge in [0.15, 0.2) is 0 Å². The summed E-state index contributed by atoms with van der Waals surface area (Å²) < 4.78 is 0. The van der Waals surface area contributed by atoms with Crippen molar-refractivity contribution in [3.63, 3.8) is 0 Å². The molecule has 2 amide bonds. The summed E-state index contributed by atoms with van der Waals surface area (Å²) in [6.07, 6.45) is 2.09. The van der Waals surface area contributed by atoms with Crippen LogP contribution in [0.4, 0.5) is 0 Å². The van der Waals surface area contributed by atoms with Crippen LogP contribution in [-0.4, -0.2) is 35.4 Å². The molecular formula is C19H26N4O3. The fraction of sp³-hybridized carbons (Fsp3) is 0.421. The molecule has 0 aliphatic heterocycles. The molecule has 1 aromatic carbocycles. The van der Waals surface area contributed by atoms with Crippen LogP contribution in [0.5, 0.6) is 0 Å². The summed E-state index contributed by atoms with van der Waals surface area (Å²) in [5, 5.41) is 5.78. The van der Waals surface area contributed by atoms with Crippen molar-refractivity contribution in [2.75, 3.05) is 13.1 Å². The van der Waals surface area contributed by atoms with E-state index in [1.807, 2.05) is 20.8 Å². The fourth-order valence-corrected chi connectivity index (χ4v) is 3.06. The molecule has 1 aromatic heterocycles. The minimum absolute atomic E-state index is 0.0275. The van der Waals surface area contributed by atoms with Gasteiger partial charge in [-0.15, -0.1) is 0 Å². The summed E-state index contributed by atoms with van der Waals surface area (Å²) in [5.74, 6) is -0.566. The predicted molar refractivity (Wildman–Crippen MR) is 102 cm³/mol. The second-order valence-corrected chi connectivity index (χ2v) is 7.17. The molecule has 0 bridgehead atoms. The van der Waals surface area contributed by atoms with Gasteiger partial charge in [-0.2, -0.15) is 0 Å². The lowest BCUT2D eigenvalue weighted by Crippen LogP contribution is -2.54. The third-order valence-corrected chi connectivity index (χ3v) is 4.19. The minimum atomic E-state index is -0.592. The smallest absolute Gasteiger partial charge is 0.257 e. The number of aromatic nitrogens is 1. The van der Waals surface area contributed by atoms with Crippen molar-refractivity contribution in [2.24, 2.45) is 11.7 Å². The van der Waals surface area contributed by atoms with Crippen LogP contribution in [0.25, 0.3) is 10.9 Å². The van der Waals surface area contributed by atoms with Gasteiger partial charge in [-0.05, 0) is 31.4 Å². The molecule has 0 aliphatic rings. The number of fused-ring (bicyclic) bond motifs is 1. The van der Waals surface area contributed by atoms with Gasteiger partial charge in [-0.1, -0.05) is 26.0 Å². The Morgan fingerprint density at radius 2 is 1.96 bits per heavy atom. The van der Waals surface area contributed by atoms with E-state index in [4.69, 9.17) is 5.73 Å². The molecule has 2 rings (SSSR count). The predicted octanol–water partition coefficient (Wildman–Crippen LogP) is 1.14. The number of nitrogens with one attached hydrogen (secondary N) is 3. The summed E-state index contributed by atoms with van der Waals surface area (Å²) >= 11 is 0. The number of rotatable bonds is 7. The van der Waals surface area contributed by atoms with Crippen molar-refractivity contribution < 1.29 is 9.59 Å². The van der Waals surface area contributed by atoms with Crippen LogP contribution in [-0.2, 0) is 4.79 Å². The lowest BCUT2D eigenvalue weighted by Gasteiger charge is -2.31. The summed E-state index contributed by atoms with van der Waals surface area (Å²) in [6.45, 7) is 6.05. The SMILES string of the molecule is CC(C)CC(C)(CN)NC(=O)CNC(=O)c1c[nH]c2ccccc2c1=O. The van der Waals surface area contributed by atoms with Crippen LogP contribution in [0.2, 0.25) is 0 Å². The molecule has 0 spiro atoms. The van der Waals surface area contributed by atoms with E-state index in [0.29, 0.717) is 23.4 Å². The topological polar surface area (TPSA) is 117 Å². The number of amides is 2. The highest BCUT2D eigenvalue weighted by Crippen LogP contribution is 2.15. The van der Waals surface area contributed by atoms with Gasteiger partial charge in [0.2, 0.25) is 11.3 Å². The number of hydrogen-bond acceptors (Lipinski definition) is 4. The first-order valence-electron chi connectivity index (χ1n) is 8.65. The number of hydrogen-bond donors (Lipinski definition) is 4. The molecule has 0 aliphatic carbocycles. The van der Waals surface area contributed by atoms with Crippen molar-refractivity contribution in [2.45, 2.75) is 32.7 Å². The normalized spacial score (nSPS) is 13.4. The van der Waals surface area contributed by atoms with Crippen LogP contribution in [0, 0.1) is 5.92 Å². The average molecular weight is 358 g/mol. The quantitative estimate of drug-likeness (QED) is 0.594. The lowest BCUT2D eigenvalue weighted by molar-refractivity contribution is -0.122. The molecule has 1 atom stereocenters. The largest absolute Gasteiger partial charge is 0.360 e. The number of carbonyl (C=O) groups is 2. The second kappa shape index (κ2) is 8.14. The minimum Gasteiger partial charge on any atom is -0.360 e. The van der Waals surface area contributed by atoms with Gasteiger partial charge >= 0.3 is 0 Å². The zero-order chi connectivity index (χ0) is 19.3. The molecule has 5 N–H and O–H groups in total. The van der Waals surface area contributed by atoms with E-state index in [0.717, 1.165) is 6.42 Å². The monoisotopic (exact) mass is 358 g/mol. The molecule has 0 saturated heterocycles. The number of H-pyrrole nitrogens is 1. The van der Waals surface area contributed by atoms with Crippen molar-refractivity contribution in [1.82, 2.24) is 15.6 Å². The van der Waals surface area contributed by atoms with Crippen LogP contribution in [0.3, 0.4) is 0 Å². The molecule has 2 aromatic rings. The summed E-state index contributed by atoms with van der Waals surface area (Å²) in [6, 6.07) is 6.94. The van der Waals surface area contributed by atoms with Gasteiger partial charge in [0.05, 0.1) is 6.54 Å². The third-order valence-electron chi connectivity index (χ3n) is 4.19. The molecule has 140 valence electrons. The van der Waals surface area contributed by atoms with Crippen LogP contribution in [0.15, 0.2) is 35.3 Å². The highest BCUT2D eigenvalue weighted by Gasteiger charge is 2.26. The van der Waals surface area contributed by atoms with Gasteiger partial charge in [-0.3, -0.25) is 14.4 Å². The Bertz CT molecular complexity index is 859. The fourth-order valence-electron chi connectivity index (χ4n) is 3.06. The standard InChI is InChI=1S/C19H26N4O3/c1-12(2)8-19(3,11-20)23-16(24)10-22-18(26)14-9-21-15-7-5-4-6-13(15)17(14)25/h4-7,9,12H,8,10-11,20H2,1-3H3,(H,21,25)(H,22,26)(H,23,24). The molecule has 1 unspecified atom stereocenters. The Morgan fingerprint density at radius 1 is 1.27 bits per heavy atom. The average Bonchev–Trinajstić information content (AvgIpc) is 2.59. The molecule has 7 heteroatoms. The molecule has 0 fully saturated rings. The van der Waals surface area contributed by atoms with Gasteiger partial charge < -0.3 is 21.4 Å². The van der Waals surface area contributed by atoms with Crippen molar-refractivity contribution >= 4 is 22.7 Å². The first-order chi connectivity index (χ1) is 12.3. The maximum atomic E-state index is 12.4. The van der Waals surface area contributed by atoms with Crippen molar-refractivity contribution in [3.05, 3.63) is 46.2 Å². The first kappa shape index (κ1) is 19.7. The van der Waals surface area contributed by atoms with E-state index in [-0.39, 0.29) is 23.4 Å². The number of nitrogens with two attached hydrogens (primary N) is 1. The van der Waals surface area contributed by atoms with Gasteiger partial charge in [0.25, 0.3) is 5.91 Å². The van der Waals surface area contributed by atoms with Gasteiger partial charge in [-0.25, -0.2) is 0 Å². The summed E-state index contributed by atoms with van der Waals surface area (Å²) in [4.78, 5) is 39.8. The molecular weight excluding hydrogens is 332 g/mol. The van der Waals surface area contributed by atoms with E-state index in [9.17, 15) is 14.4 Å². The van der Waals surface area contributed by atoms with Crippen LogP contribution in [0.1, 0.15) is 37.6 Å². The zero-order valence-corrected chi connectivity index (χ0v) is 15.4. The van der Waals surface area contributed by atoms with E-state index in [2.05, 4.69) is 15.6 Å². The Kier molecular flexibility index (Phi) is 6.15. The Balaban J connectivity index is 2.03. The summed E-state index contributed by atoms with van der Waals surface area (Å²) in [7, 11) is 0. The number of aromatic amines is 1. The molecule has 0 saturated carbocycles. The van der Waals surface area contributed by atoms with E-state index < -0.39 is 11.4 Å². The van der Waals surface area contributed by atoms with Crippen molar-refractivity contribution in [3.8, 4) is 0 Å². The lowest BCUT2D eigenvalue weighted by atomic mass is 9.91. The molecule has 1 heterocycles. The molecule has 7 nitrogen and oxygen atoms in total. The number of benzene rings is 1. The Hall–Kier alpha value is -2.67. The van der Waals surface area contributed by atoms with Gasteiger partial charge in [0.1, 0.15) is 5.56 Å².